The molecule has 7 heteroatoms. The van der Waals surface area contributed by atoms with Crippen LogP contribution in [-0.2, 0) is 13.2 Å². The van der Waals surface area contributed by atoms with E-state index in [1.807, 2.05) is 57.2 Å². The molecule has 1 amide bonds. The fraction of sp³-hybridized carbons (Fsp3) is 0.261. The first kappa shape index (κ1) is 19.7. The summed E-state index contributed by atoms with van der Waals surface area (Å²) in [6, 6.07) is 15.2. The maximum atomic E-state index is 12.8. The Balaban J connectivity index is 1.42. The molecule has 0 unspecified atom stereocenters. The van der Waals surface area contributed by atoms with E-state index in [1.165, 1.54) is 0 Å². The molecule has 2 heterocycles. The zero-order valence-corrected chi connectivity index (χ0v) is 17.3. The number of aromatic nitrogens is 3. The van der Waals surface area contributed by atoms with Crippen molar-refractivity contribution in [1.82, 2.24) is 20.0 Å². The van der Waals surface area contributed by atoms with E-state index in [0.717, 1.165) is 33.9 Å². The number of hydrogen-bond donors (Lipinski definition) is 1. The van der Waals surface area contributed by atoms with Crippen LogP contribution < -0.4 is 10.1 Å². The Morgan fingerprint density at radius 1 is 1.10 bits per heavy atom. The van der Waals surface area contributed by atoms with Gasteiger partial charge in [-0.2, -0.15) is 0 Å². The normalized spacial score (nSPS) is 11.0. The van der Waals surface area contributed by atoms with Crippen LogP contribution >= 0.6 is 0 Å². The summed E-state index contributed by atoms with van der Waals surface area (Å²) < 4.78 is 13.2. The molecular formula is C23H24N4O3. The molecule has 7 nitrogen and oxygen atoms in total. The van der Waals surface area contributed by atoms with Gasteiger partial charge in [0.05, 0.1) is 27.9 Å². The number of nitrogens with zero attached hydrogens (tertiary/aromatic N) is 3. The molecule has 0 saturated carbocycles. The van der Waals surface area contributed by atoms with E-state index in [4.69, 9.17) is 9.26 Å². The van der Waals surface area contributed by atoms with Crippen molar-refractivity contribution in [2.45, 2.75) is 33.9 Å². The minimum absolute atomic E-state index is 0.175. The molecule has 0 aliphatic heterocycles. The highest BCUT2D eigenvalue weighted by atomic mass is 16.5. The van der Waals surface area contributed by atoms with Gasteiger partial charge in [0.25, 0.3) is 5.91 Å². The summed E-state index contributed by atoms with van der Waals surface area (Å²) in [6.07, 6.45) is 0. The number of carbonyl (C=O) groups is 1. The molecule has 0 radical (unpaired) electrons. The van der Waals surface area contributed by atoms with Gasteiger partial charge < -0.3 is 19.1 Å². The highest BCUT2D eigenvalue weighted by Gasteiger charge is 2.15. The van der Waals surface area contributed by atoms with Crippen molar-refractivity contribution < 1.29 is 14.1 Å². The molecule has 4 rings (SSSR count). The number of imidazole rings is 1. The SMILES string of the molecule is Cc1noc(C)c1COc1ccccc1C(=O)NCCn1c(C)nc2ccccc21. The van der Waals surface area contributed by atoms with E-state index in [9.17, 15) is 4.79 Å². The molecule has 1 N–H and O–H groups in total. The van der Waals surface area contributed by atoms with Crippen molar-refractivity contribution in [3.63, 3.8) is 0 Å². The summed E-state index contributed by atoms with van der Waals surface area (Å²) in [7, 11) is 0. The first-order valence-electron chi connectivity index (χ1n) is 9.88. The third kappa shape index (κ3) is 3.91. The quantitative estimate of drug-likeness (QED) is 0.504. The van der Waals surface area contributed by atoms with Crippen LogP contribution in [0.3, 0.4) is 0 Å². The van der Waals surface area contributed by atoms with Crippen molar-refractivity contribution in [3.8, 4) is 5.75 Å². The molecule has 0 aliphatic rings. The summed E-state index contributed by atoms with van der Waals surface area (Å²) in [5.41, 5.74) is 4.20. The number of carbonyl (C=O) groups excluding carboxylic acids is 1. The van der Waals surface area contributed by atoms with Gasteiger partial charge in [-0.1, -0.05) is 29.4 Å². The van der Waals surface area contributed by atoms with Crippen molar-refractivity contribution in [3.05, 3.63) is 76.9 Å². The van der Waals surface area contributed by atoms with E-state index in [1.54, 1.807) is 12.1 Å². The number of hydrogen-bond acceptors (Lipinski definition) is 5. The minimum Gasteiger partial charge on any atom is -0.488 e. The van der Waals surface area contributed by atoms with Crippen molar-refractivity contribution >= 4 is 16.9 Å². The zero-order chi connectivity index (χ0) is 21.1. The molecule has 0 spiro atoms. The van der Waals surface area contributed by atoms with Gasteiger partial charge in [-0.25, -0.2) is 4.98 Å². The summed E-state index contributed by atoms with van der Waals surface area (Å²) >= 11 is 0. The molecule has 0 aliphatic carbocycles. The Bertz CT molecular complexity index is 1170. The molecule has 0 bridgehead atoms. The Morgan fingerprint density at radius 2 is 1.87 bits per heavy atom. The minimum atomic E-state index is -0.175. The molecular weight excluding hydrogens is 380 g/mol. The average Bonchev–Trinajstić information content (AvgIpc) is 3.24. The highest BCUT2D eigenvalue weighted by Crippen LogP contribution is 2.21. The van der Waals surface area contributed by atoms with E-state index >= 15 is 0 Å². The third-order valence-electron chi connectivity index (χ3n) is 5.15. The topological polar surface area (TPSA) is 82.2 Å². The van der Waals surface area contributed by atoms with Gasteiger partial charge in [0.1, 0.15) is 23.9 Å². The average molecular weight is 404 g/mol. The van der Waals surface area contributed by atoms with Gasteiger partial charge in [0.2, 0.25) is 0 Å². The number of nitrogens with one attached hydrogen (secondary N) is 1. The molecule has 0 fully saturated rings. The highest BCUT2D eigenvalue weighted by molar-refractivity contribution is 5.96. The number of amides is 1. The summed E-state index contributed by atoms with van der Waals surface area (Å²) in [4.78, 5) is 17.4. The van der Waals surface area contributed by atoms with Gasteiger partial charge in [0, 0.05) is 13.1 Å². The fourth-order valence-electron chi connectivity index (χ4n) is 3.49. The van der Waals surface area contributed by atoms with Crippen LogP contribution in [0, 0.1) is 20.8 Å². The zero-order valence-electron chi connectivity index (χ0n) is 17.3. The van der Waals surface area contributed by atoms with E-state index in [0.29, 0.717) is 31.0 Å². The summed E-state index contributed by atoms with van der Waals surface area (Å²) in [5, 5.41) is 6.92. The first-order valence-corrected chi connectivity index (χ1v) is 9.88. The number of ether oxygens (including phenoxy) is 1. The van der Waals surface area contributed by atoms with Crippen LogP contribution in [0.25, 0.3) is 11.0 Å². The molecule has 4 aromatic rings. The third-order valence-corrected chi connectivity index (χ3v) is 5.15. The van der Waals surface area contributed by atoms with E-state index in [-0.39, 0.29) is 5.91 Å². The maximum Gasteiger partial charge on any atom is 0.255 e. The summed E-state index contributed by atoms with van der Waals surface area (Å²) in [6.45, 7) is 7.11. The predicted molar refractivity (Wildman–Crippen MR) is 114 cm³/mol. The first-order chi connectivity index (χ1) is 14.5. The molecule has 2 aromatic carbocycles. The Hall–Kier alpha value is -3.61. The number of aryl methyl sites for hydroxylation is 3. The van der Waals surface area contributed by atoms with Crippen molar-refractivity contribution in [2.75, 3.05) is 6.54 Å². The Morgan fingerprint density at radius 3 is 2.67 bits per heavy atom. The van der Waals surface area contributed by atoms with Crippen LogP contribution in [0.15, 0.2) is 53.1 Å². The van der Waals surface area contributed by atoms with Crippen molar-refractivity contribution in [2.24, 2.45) is 0 Å². The fourth-order valence-corrected chi connectivity index (χ4v) is 3.49. The Kier molecular flexibility index (Phi) is 5.52. The lowest BCUT2D eigenvalue weighted by atomic mass is 10.2. The smallest absolute Gasteiger partial charge is 0.255 e. The van der Waals surface area contributed by atoms with Gasteiger partial charge in [-0.15, -0.1) is 0 Å². The lowest BCUT2D eigenvalue weighted by molar-refractivity contribution is 0.0947. The van der Waals surface area contributed by atoms with Crippen LogP contribution in [0.4, 0.5) is 0 Å². The van der Waals surface area contributed by atoms with Gasteiger partial charge in [0.15, 0.2) is 0 Å². The van der Waals surface area contributed by atoms with Crippen LogP contribution in [0.1, 0.15) is 33.2 Å². The number of benzene rings is 2. The number of para-hydroxylation sites is 3. The van der Waals surface area contributed by atoms with Crippen LogP contribution in [0.5, 0.6) is 5.75 Å². The standard InChI is InChI=1S/C23H24N4O3/c1-15-19(16(2)30-26-15)14-29-22-11-7-4-8-18(22)23(28)24-12-13-27-17(3)25-20-9-5-6-10-21(20)27/h4-11H,12-14H2,1-3H3,(H,24,28). The molecule has 2 aromatic heterocycles. The monoisotopic (exact) mass is 404 g/mol. The molecule has 0 saturated heterocycles. The second-order valence-electron chi connectivity index (χ2n) is 7.14. The molecule has 0 atom stereocenters. The summed E-state index contributed by atoms with van der Waals surface area (Å²) in [5.74, 6) is 2.00. The lowest BCUT2D eigenvalue weighted by Crippen LogP contribution is -2.28. The largest absolute Gasteiger partial charge is 0.488 e. The van der Waals surface area contributed by atoms with Gasteiger partial charge >= 0.3 is 0 Å². The second-order valence-corrected chi connectivity index (χ2v) is 7.14. The van der Waals surface area contributed by atoms with Gasteiger partial charge in [-0.05, 0) is 45.0 Å². The maximum absolute atomic E-state index is 12.8. The van der Waals surface area contributed by atoms with Gasteiger partial charge in [-0.3, -0.25) is 4.79 Å². The number of fused-ring (bicyclic) bond motifs is 1. The molecule has 30 heavy (non-hydrogen) atoms. The second kappa shape index (κ2) is 8.41. The molecule has 154 valence electrons. The predicted octanol–water partition coefficient (Wildman–Crippen LogP) is 3.96. The van der Waals surface area contributed by atoms with Crippen LogP contribution in [0.2, 0.25) is 0 Å². The van der Waals surface area contributed by atoms with Crippen molar-refractivity contribution in [1.29, 1.82) is 0 Å². The number of rotatable bonds is 7. The van der Waals surface area contributed by atoms with E-state index < -0.39 is 0 Å². The van der Waals surface area contributed by atoms with E-state index in [2.05, 4.69) is 20.0 Å². The van der Waals surface area contributed by atoms with Crippen LogP contribution in [-0.4, -0.2) is 27.2 Å². The lowest BCUT2D eigenvalue weighted by Gasteiger charge is -2.12. The Labute approximate surface area is 174 Å².